The number of nitrogens with zero attached hydrogens (tertiary/aromatic N) is 2. The van der Waals surface area contributed by atoms with Gasteiger partial charge in [0.2, 0.25) is 0 Å². The molecule has 1 amide bonds. The van der Waals surface area contributed by atoms with Crippen molar-refractivity contribution in [2.45, 2.75) is 25.6 Å². The zero-order valence-electron chi connectivity index (χ0n) is 14.8. The Morgan fingerprint density at radius 1 is 1.19 bits per heavy atom. The summed E-state index contributed by atoms with van der Waals surface area (Å²) in [6.07, 6.45) is 1.98. The van der Waals surface area contributed by atoms with Crippen LogP contribution in [0.15, 0.2) is 47.4 Å². The molecule has 0 saturated carbocycles. The van der Waals surface area contributed by atoms with Crippen molar-refractivity contribution in [3.05, 3.63) is 58.5 Å². The summed E-state index contributed by atoms with van der Waals surface area (Å²) < 4.78 is 14.2. The van der Waals surface area contributed by atoms with Crippen molar-refractivity contribution in [1.82, 2.24) is 14.5 Å². The van der Waals surface area contributed by atoms with E-state index in [1.165, 1.54) is 17.8 Å². The van der Waals surface area contributed by atoms with Gasteiger partial charge in [0.25, 0.3) is 5.56 Å². The molecule has 1 aliphatic heterocycles. The molecule has 27 heavy (non-hydrogen) atoms. The fourth-order valence-electron chi connectivity index (χ4n) is 3.57. The number of amides is 1. The van der Waals surface area contributed by atoms with E-state index in [1.807, 2.05) is 12.1 Å². The van der Waals surface area contributed by atoms with E-state index in [9.17, 15) is 14.0 Å². The van der Waals surface area contributed by atoms with Gasteiger partial charge < -0.3 is 10.7 Å². The molecule has 6 nitrogen and oxygen atoms in total. The average molecular weight is 368 g/mol. The lowest BCUT2D eigenvalue weighted by atomic mass is 10.1. The molecule has 0 aliphatic carbocycles. The molecule has 1 aromatic carbocycles. The summed E-state index contributed by atoms with van der Waals surface area (Å²) in [7, 11) is 0. The highest BCUT2D eigenvalue weighted by Crippen LogP contribution is 2.25. The Labute approximate surface area is 155 Å². The average Bonchev–Trinajstić information content (AvgIpc) is 3.07. The van der Waals surface area contributed by atoms with Gasteiger partial charge in [-0.3, -0.25) is 9.69 Å². The minimum Gasteiger partial charge on any atom is -0.354 e. The van der Waals surface area contributed by atoms with Crippen LogP contribution < -0.4 is 11.3 Å². The molecule has 1 fully saturated rings. The molecule has 3 heterocycles. The van der Waals surface area contributed by atoms with E-state index in [4.69, 9.17) is 5.73 Å². The number of aromatic amines is 1. The van der Waals surface area contributed by atoms with Gasteiger partial charge in [0.15, 0.2) is 0 Å². The number of fused-ring (bicyclic) bond motifs is 1. The molecule has 0 atom stereocenters. The van der Waals surface area contributed by atoms with Gasteiger partial charge in [0.05, 0.1) is 0 Å². The number of pyridine rings is 1. The van der Waals surface area contributed by atoms with Gasteiger partial charge in [-0.15, -0.1) is 0 Å². The third kappa shape index (κ3) is 3.64. The molecule has 2 aromatic heterocycles. The minimum absolute atomic E-state index is 0.457. The number of aromatic nitrogens is 2. The summed E-state index contributed by atoms with van der Waals surface area (Å²) in [5.41, 5.74) is 8.43. The van der Waals surface area contributed by atoms with Gasteiger partial charge in [0.1, 0.15) is 6.17 Å². The SMILES string of the molecule is NC(=O)n1cc(-c2cc3cc(CN4CCC(F)CC4)ccc3[nH]2)ccc1=O. The van der Waals surface area contributed by atoms with Crippen LogP contribution in [-0.2, 0) is 6.54 Å². The number of hydrogen-bond acceptors (Lipinski definition) is 3. The van der Waals surface area contributed by atoms with Crippen LogP contribution in [0.3, 0.4) is 0 Å². The number of likely N-dealkylation sites (tertiary alicyclic amines) is 1. The number of nitrogens with two attached hydrogens (primary N) is 1. The van der Waals surface area contributed by atoms with E-state index in [0.717, 1.165) is 40.8 Å². The number of carbonyl (C=O) groups excluding carboxylic acids is 1. The Morgan fingerprint density at radius 2 is 1.96 bits per heavy atom. The minimum atomic E-state index is -0.808. The molecule has 1 saturated heterocycles. The van der Waals surface area contributed by atoms with E-state index in [-0.39, 0.29) is 0 Å². The molecule has 1 aliphatic rings. The first kappa shape index (κ1) is 17.5. The first-order valence-electron chi connectivity index (χ1n) is 9.00. The van der Waals surface area contributed by atoms with Gasteiger partial charge >= 0.3 is 6.03 Å². The molecular weight excluding hydrogens is 347 g/mol. The maximum Gasteiger partial charge on any atom is 0.325 e. The van der Waals surface area contributed by atoms with E-state index in [1.54, 1.807) is 6.07 Å². The third-order valence-electron chi connectivity index (χ3n) is 5.07. The first-order valence-corrected chi connectivity index (χ1v) is 9.00. The van der Waals surface area contributed by atoms with Crippen LogP contribution in [0.4, 0.5) is 9.18 Å². The summed E-state index contributed by atoms with van der Waals surface area (Å²) in [5.74, 6) is 0. The largest absolute Gasteiger partial charge is 0.354 e. The Balaban J connectivity index is 1.60. The van der Waals surface area contributed by atoms with E-state index >= 15 is 0 Å². The maximum absolute atomic E-state index is 13.3. The third-order valence-corrected chi connectivity index (χ3v) is 5.07. The van der Waals surface area contributed by atoms with Crippen LogP contribution in [0, 0.1) is 0 Å². The van der Waals surface area contributed by atoms with Crippen molar-refractivity contribution in [2.75, 3.05) is 13.1 Å². The molecule has 140 valence electrons. The molecule has 4 rings (SSSR count). The number of rotatable bonds is 3. The Kier molecular flexibility index (Phi) is 4.53. The summed E-state index contributed by atoms with van der Waals surface area (Å²) in [4.78, 5) is 28.6. The number of benzene rings is 1. The predicted octanol–water partition coefficient (Wildman–Crippen LogP) is 2.86. The Morgan fingerprint density at radius 3 is 2.70 bits per heavy atom. The van der Waals surface area contributed by atoms with Crippen LogP contribution in [0.1, 0.15) is 18.4 Å². The summed E-state index contributed by atoms with van der Waals surface area (Å²) in [5, 5.41) is 1.04. The Bertz CT molecular complexity index is 1050. The van der Waals surface area contributed by atoms with Crippen LogP contribution in [-0.4, -0.2) is 39.7 Å². The van der Waals surface area contributed by atoms with Gasteiger partial charge in [-0.05, 0) is 42.7 Å². The van der Waals surface area contributed by atoms with E-state index in [2.05, 4.69) is 22.0 Å². The number of hydrogen-bond donors (Lipinski definition) is 2. The van der Waals surface area contributed by atoms with Crippen LogP contribution in [0.5, 0.6) is 0 Å². The fourth-order valence-corrected chi connectivity index (χ4v) is 3.57. The predicted molar refractivity (Wildman–Crippen MR) is 102 cm³/mol. The fraction of sp³-hybridized carbons (Fsp3) is 0.300. The molecule has 0 radical (unpaired) electrons. The summed E-state index contributed by atoms with van der Waals surface area (Å²) in [6, 6.07) is 10.4. The van der Waals surface area contributed by atoms with Gasteiger partial charge in [0, 0.05) is 54.1 Å². The number of halogens is 1. The summed E-state index contributed by atoms with van der Waals surface area (Å²) >= 11 is 0. The lowest BCUT2D eigenvalue weighted by Gasteiger charge is -2.28. The zero-order chi connectivity index (χ0) is 19.0. The van der Waals surface area contributed by atoms with Gasteiger partial charge in [-0.2, -0.15) is 0 Å². The van der Waals surface area contributed by atoms with Crippen LogP contribution in [0.25, 0.3) is 22.2 Å². The second-order valence-corrected chi connectivity index (χ2v) is 7.02. The second-order valence-electron chi connectivity index (χ2n) is 7.02. The van der Waals surface area contributed by atoms with Crippen molar-refractivity contribution in [2.24, 2.45) is 5.73 Å². The van der Waals surface area contributed by atoms with Crippen molar-refractivity contribution in [1.29, 1.82) is 0 Å². The molecule has 0 unspecified atom stereocenters. The highest BCUT2D eigenvalue weighted by atomic mass is 19.1. The standard InChI is InChI=1S/C20H21FN4O2/c21-16-5-7-24(8-6-16)11-13-1-3-17-15(9-13)10-18(23-17)14-2-4-19(26)25(12-14)20(22)27/h1-4,9-10,12,16,23H,5-8,11H2,(H2,22,27). The molecule has 7 heteroatoms. The van der Waals surface area contributed by atoms with E-state index in [0.29, 0.717) is 18.4 Å². The number of alkyl halides is 1. The van der Waals surface area contributed by atoms with Crippen LogP contribution >= 0.6 is 0 Å². The number of carbonyl (C=O) groups is 1. The topological polar surface area (TPSA) is 84.1 Å². The first-order chi connectivity index (χ1) is 13.0. The van der Waals surface area contributed by atoms with Crippen molar-refractivity contribution >= 4 is 16.9 Å². The molecular formula is C20H21FN4O2. The van der Waals surface area contributed by atoms with Crippen molar-refractivity contribution in [3.8, 4) is 11.3 Å². The van der Waals surface area contributed by atoms with Gasteiger partial charge in [-0.1, -0.05) is 6.07 Å². The zero-order valence-corrected chi connectivity index (χ0v) is 14.8. The lowest BCUT2D eigenvalue weighted by Crippen LogP contribution is -2.33. The van der Waals surface area contributed by atoms with Crippen LogP contribution in [0.2, 0.25) is 0 Å². The smallest absolute Gasteiger partial charge is 0.325 e. The van der Waals surface area contributed by atoms with Crippen molar-refractivity contribution in [3.63, 3.8) is 0 Å². The quantitative estimate of drug-likeness (QED) is 0.746. The number of nitrogens with one attached hydrogen (secondary N) is 1. The molecule has 0 bridgehead atoms. The maximum atomic E-state index is 13.3. The Hall–Kier alpha value is -2.93. The second kappa shape index (κ2) is 7.00. The molecule has 3 aromatic rings. The summed E-state index contributed by atoms with van der Waals surface area (Å²) in [6.45, 7) is 2.37. The van der Waals surface area contributed by atoms with Crippen molar-refractivity contribution < 1.29 is 9.18 Å². The van der Waals surface area contributed by atoms with Gasteiger partial charge in [-0.25, -0.2) is 13.8 Å². The number of primary amides is 1. The number of piperidine rings is 1. The number of H-pyrrole nitrogens is 1. The highest BCUT2D eigenvalue weighted by Gasteiger charge is 2.18. The molecule has 3 N–H and O–H groups in total. The molecule has 0 spiro atoms. The monoisotopic (exact) mass is 368 g/mol. The highest BCUT2D eigenvalue weighted by molar-refractivity contribution is 5.86. The van der Waals surface area contributed by atoms with E-state index < -0.39 is 17.8 Å². The lowest BCUT2D eigenvalue weighted by molar-refractivity contribution is 0.145. The normalized spacial score (nSPS) is 16.0.